The van der Waals surface area contributed by atoms with Gasteiger partial charge in [0.25, 0.3) is 0 Å². The van der Waals surface area contributed by atoms with Gasteiger partial charge in [-0.05, 0) is 54.2 Å². The van der Waals surface area contributed by atoms with Crippen molar-refractivity contribution in [3.8, 4) is 0 Å². The van der Waals surface area contributed by atoms with Crippen LogP contribution in [0.1, 0.15) is 29.8 Å². The molecule has 2 aliphatic heterocycles. The van der Waals surface area contributed by atoms with E-state index < -0.39 is 44.4 Å². The lowest BCUT2D eigenvalue weighted by Gasteiger charge is -2.47. The molecule has 1 aromatic rings. The summed E-state index contributed by atoms with van der Waals surface area (Å²) in [6.45, 7) is 3.19. The molecule has 0 saturated heterocycles. The normalized spacial score (nSPS) is 33.2. The summed E-state index contributed by atoms with van der Waals surface area (Å²) in [5.74, 6) is -16.8. The molecular formula is C22H14F6O2S2. The van der Waals surface area contributed by atoms with Gasteiger partial charge in [0.2, 0.25) is 0 Å². The lowest BCUT2D eigenvalue weighted by atomic mass is 9.71. The molecule has 0 bridgehead atoms. The first kappa shape index (κ1) is 21.8. The Morgan fingerprint density at radius 1 is 0.875 bits per heavy atom. The first-order valence-electron chi connectivity index (χ1n) is 9.43. The number of hydrogen-bond acceptors (Lipinski definition) is 3. The minimum absolute atomic E-state index is 0.0124. The fraction of sp³-hybridized carbons (Fsp3) is 0.318. The van der Waals surface area contributed by atoms with Crippen LogP contribution in [0.2, 0.25) is 0 Å². The van der Waals surface area contributed by atoms with E-state index in [0.717, 1.165) is 23.5 Å². The number of aromatic carboxylic acids is 1. The molecule has 10 heteroatoms. The number of fused-ring (bicyclic) bond motifs is 4. The Hall–Kier alpha value is -2.07. The summed E-state index contributed by atoms with van der Waals surface area (Å²) in [5.41, 5.74) is -2.57. The maximum absolute atomic E-state index is 15.0. The van der Waals surface area contributed by atoms with E-state index in [1.807, 2.05) is 0 Å². The molecule has 1 aromatic carbocycles. The Morgan fingerprint density at radius 3 is 2.00 bits per heavy atom. The van der Waals surface area contributed by atoms with Crippen LogP contribution in [0.25, 0.3) is 4.91 Å². The highest BCUT2D eigenvalue weighted by molar-refractivity contribution is 8.12. The van der Waals surface area contributed by atoms with E-state index in [2.05, 4.69) is 0 Å². The minimum Gasteiger partial charge on any atom is -0.478 e. The van der Waals surface area contributed by atoms with Gasteiger partial charge in [-0.25, -0.2) is 4.79 Å². The van der Waals surface area contributed by atoms with Gasteiger partial charge >= 0.3 is 23.7 Å². The number of thioether (sulfide) groups is 2. The predicted molar refractivity (Wildman–Crippen MR) is 111 cm³/mol. The van der Waals surface area contributed by atoms with E-state index in [1.165, 1.54) is 41.8 Å². The zero-order valence-corrected chi connectivity index (χ0v) is 18.1. The Morgan fingerprint density at radius 2 is 1.44 bits per heavy atom. The number of halogens is 6. The van der Waals surface area contributed by atoms with Crippen molar-refractivity contribution >= 4 is 34.4 Å². The van der Waals surface area contributed by atoms with Gasteiger partial charge in [-0.1, -0.05) is 18.2 Å². The Balaban J connectivity index is 1.79. The molecule has 0 spiro atoms. The molecule has 0 radical (unpaired) electrons. The van der Waals surface area contributed by atoms with E-state index in [0.29, 0.717) is 10.5 Å². The molecule has 1 fully saturated rings. The van der Waals surface area contributed by atoms with Crippen LogP contribution >= 0.6 is 23.5 Å². The molecule has 2 heterocycles. The van der Waals surface area contributed by atoms with Crippen LogP contribution < -0.4 is 0 Å². The van der Waals surface area contributed by atoms with Crippen molar-refractivity contribution in [2.24, 2.45) is 0 Å². The molecule has 1 N–H and O–H groups in total. The smallest absolute Gasteiger partial charge is 0.380 e. The zero-order valence-electron chi connectivity index (χ0n) is 16.5. The third-order valence-electron chi connectivity index (χ3n) is 6.69. The number of allylic oxidation sites excluding steroid dienone is 4. The van der Waals surface area contributed by atoms with Gasteiger partial charge in [0.15, 0.2) is 0 Å². The topological polar surface area (TPSA) is 37.3 Å². The van der Waals surface area contributed by atoms with Gasteiger partial charge < -0.3 is 5.11 Å². The van der Waals surface area contributed by atoms with Gasteiger partial charge in [0.05, 0.1) is 15.1 Å². The van der Waals surface area contributed by atoms with Crippen LogP contribution in [-0.4, -0.2) is 38.3 Å². The Bertz CT molecular complexity index is 1210. The number of carbonyl (C=O) groups is 1. The molecule has 4 aliphatic rings. The van der Waals surface area contributed by atoms with Crippen molar-refractivity contribution in [3.63, 3.8) is 0 Å². The summed E-state index contributed by atoms with van der Waals surface area (Å²) < 4.78 is 86.0. The van der Waals surface area contributed by atoms with Crippen LogP contribution in [0.5, 0.6) is 0 Å². The zero-order chi connectivity index (χ0) is 23.5. The van der Waals surface area contributed by atoms with Gasteiger partial charge in [-0.2, -0.15) is 26.3 Å². The van der Waals surface area contributed by atoms with Gasteiger partial charge in [-0.15, -0.1) is 23.5 Å². The number of carboxylic acids is 1. The summed E-state index contributed by atoms with van der Waals surface area (Å²) in [5, 5.41) is 10.5. The van der Waals surface area contributed by atoms with E-state index in [9.17, 15) is 31.1 Å². The lowest BCUT2D eigenvalue weighted by Crippen LogP contribution is -2.48. The highest BCUT2D eigenvalue weighted by Crippen LogP contribution is 2.73. The van der Waals surface area contributed by atoms with Crippen molar-refractivity contribution in [1.29, 1.82) is 0 Å². The summed E-state index contributed by atoms with van der Waals surface area (Å²) in [7, 11) is 0. The Labute approximate surface area is 187 Å². The maximum Gasteiger partial charge on any atom is 0.380 e. The average molecular weight is 488 g/mol. The summed E-state index contributed by atoms with van der Waals surface area (Å²) >= 11 is 2.26. The predicted octanol–water partition coefficient (Wildman–Crippen LogP) is 6.78. The van der Waals surface area contributed by atoms with E-state index in [4.69, 9.17) is 5.11 Å². The fourth-order valence-electron chi connectivity index (χ4n) is 4.74. The molecule has 2 atom stereocenters. The third kappa shape index (κ3) is 2.25. The minimum atomic E-state index is -5.57. The van der Waals surface area contributed by atoms with E-state index in [1.54, 1.807) is 13.8 Å². The number of carboxylic acid groups (broad SMARTS) is 1. The largest absolute Gasteiger partial charge is 0.478 e. The summed E-state index contributed by atoms with van der Waals surface area (Å²) in [6, 6.07) is 5.61. The van der Waals surface area contributed by atoms with E-state index >= 15 is 0 Å². The number of rotatable bonds is 2. The molecule has 32 heavy (non-hydrogen) atoms. The van der Waals surface area contributed by atoms with Crippen molar-refractivity contribution in [3.05, 3.63) is 75.2 Å². The first-order valence-corrected chi connectivity index (χ1v) is 11.1. The Kier molecular flexibility index (Phi) is 4.13. The van der Waals surface area contributed by atoms with Crippen LogP contribution in [0.3, 0.4) is 0 Å². The average Bonchev–Trinajstić information content (AvgIpc) is 3.30. The van der Waals surface area contributed by atoms with Gasteiger partial charge in [-0.3, -0.25) is 0 Å². The van der Waals surface area contributed by atoms with Crippen molar-refractivity contribution < 1.29 is 36.2 Å². The van der Waals surface area contributed by atoms with Crippen LogP contribution in [-0.2, 0) is 0 Å². The van der Waals surface area contributed by atoms with Crippen LogP contribution in [0.4, 0.5) is 26.3 Å². The van der Waals surface area contributed by atoms with E-state index in [-0.39, 0.29) is 16.7 Å². The third-order valence-corrected chi connectivity index (χ3v) is 9.80. The molecule has 2 aliphatic carbocycles. The standard InChI is InChI=1S/C22H14F6O2S2/c1-18-12(7-8-31-18)15-16(21(25,26)22(27,28)20(15,23)24)13-9-14(32-19(13,18)2)10-3-5-11(6-4-10)17(29)30/h3-9H,1-2H3,(H,29,30)/t18-,19-/m1/s1. The van der Waals surface area contributed by atoms with Crippen molar-refractivity contribution in [2.75, 3.05) is 0 Å². The summed E-state index contributed by atoms with van der Waals surface area (Å²) in [4.78, 5) is 11.5. The number of hydrogen-bond donors (Lipinski definition) is 1. The molecule has 0 amide bonds. The van der Waals surface area contributed by atoms with Crippen molar-refractivity contribution in [2.45, 2.75) is 41.1 Å². The molecule has 5 rings (SSSR count). The number of alkyl halides is 6. The van der Waals surface area contributed by atoms with Crippen LogP contribution in [0, 0.1) is 0 Å². The molecule has 0 aromatic heterocycles. The number of benzene rings is 1. The quantitative estimate of drug-likeness (QED) is 0.466. The maximum atomic E-state index is 15.0. The summed E-state index contributed by atoms with van der Waals surface area (Å²) in [6.07, 6.45) is 2.50. The monoisotopic (exact) mass is 488 g/mol. The lowest BCUT2D eigenvalue weighted by molar-refractivity contribution is -0.258. The SMILES string of the molecule is C[C@@]12SC=CC1=C1C(=C3C=C(c4ccc(C(=O)O)cc4)S[C@]32C)C(F)(F)C(F)(F)C1(F)F. The highest BCUT2D eigenvalue weighted by Gasteiger charge is 2.84. The van der Waals surface area contributed by atoms with Gasteiger partial charge in [0.1, 0.15) is 0 Å². The molecular weight excluding hydrogens is 474 g/mol. The first-order chi connectivity index (χ1) is 14.7. The fourth-order valence-corrected chi connectivity index (χ4v) is 7.57. The molecule has 168 valence electrons. The molecule has 0 unspecified atom stereocenters. The van der Waals surface area contributed by atoms with Crippen molar-refractivity contribution in [1.82, 2.24) is 0 Å². The second kappa shape index (κ2) is 6.08. The second-order valence-corrected chi connectivity index (χ2v) is 11.1. The van der Waals surface area contributed by atoms with Gasteiger partial charge in [0, 0.05) is 16.1 Å². The molecule has 1 saturated carbocycles. The van der Waals surface area contributed by atoms with Crippen LogP contribution in [0.15, 0.2) is 64.1 Å². The second-order valence-electron chi connectivity index (χ2n) is 8.28. The highest BCUT2D eigenvalue weighted by atomic mass is 32.2. The molecule has 2 nitrogen and oxygen atoms in total.